The molecule has 0 saturated heterocycles. The maximum atomic E-state index is 13.2. The minimum absolute atomic E-state index is 0.282. The summed E-state index contributed by atoms with van der Waals surface area (Å²) in [6.45, 7) is 4.97. The van der Waals surface area contributed by atoms with Crippen molar-refractivity contribution in [2.45, 2.75) is 39.2 Å². The van der Waals surface area contributed by atoms with Crippen LogP contribution in [-0.4, -0.2) is 22.6 Å². The molecule has 1 rings (SSSR count). The van der Waals surface area contributed by atoms with Crippen molar-refractivity contribution in [1.82, 2.24) is 5.32 Å². The van der Waals surface area contributed by atoms with Crippen molar-refractivity contribution in [2.24, 2.45) is 0 Å². The van der Waals surface area contributed by atoms with Gasteiger partial charge in [-0.25, -0.2) is 14.0 Å². The highest BCUT2D eigenvalue weighted by Crippen LogP contribution is 2.15. The number of halogens is 1. The molecule has 0 heterocycles. The molecule has 1 unspecified atom stereocenters. The van der Waals surface area contributed by atoms with E-state index in [2.05, 4.69) is 10.6 Å². The number of carbonyl (C=O) groups is 2. The number of anilines is 1. The van der Waals surface area contributed by atoms with Crippen molar-refractivity contribution < 1.29 is 19.1 Å². The molecule has 0 spiro atoms. The Morgan fingerprint density at radius 3 is 2.50 bits per heavy atom. The molecule has 20 heavy (non-hydrogen) atoms. The van der Waals surface area contributed by atoms with Gasteiger partial charge in [0, 0.05) is 5.69 Å². The van der Waals surface area contributed by atoms with Crippen LogP contribution >= 0.6 is 0 Å². The van der Waals surface area contributed by atoms with E-state index in [0.29, 0.717) is 18.4 Å². The van der Waals surface area contributed by atoms with E-state index in [1.54, 1.807) is 13.0 Å². The number of carbonyl (C=O) groups excluding carboxylic acids is 1. The average molecular weight is 282 g/mol. The Morgan fingerprint density at radius 2 is 2.00 bits per heavy atom. The second-order valence-electron chi connectivity index (χ2n) is 4.98. The lowest BCUT2D eigenvalue weighted by Crippen LogP contribution is -2.53. The van der Waals surface area contributed by atoms with E-state index in [0.717, 1.165) is 0 Å². The van der Waals surface area contributed by atoms with Gasteiger partial charge in [-0.2, -0.15) is 0 Å². The van der Waals surface area contributed by atoms with Crippen molar-refractivity contribution in [1.29, 1.82) is 0 Å². The van der Waals surface area contributed by atoms with Gasteiger partial charge < -0.3 is 15.7 Å². The van der Waals surface area contributed by atoms with Crippen LogP contribution in [0.25, 0.3) is 0 Å². The standard InChI is InChI=1S/C14H19FN2O3/c1-4-5-14(3,12(18)19)17-13(20)16-11-7-9(2)6-10(15)8-11/h6-8H,4-5H2,1-3H3,(H,18,19)(H2,16,17,20). The molecule has 0 aliphatic heterocycles. The molecule has 3 N–H and O–H groups in total. The summed E-state index contributed by atoms with van der Waals surface area (Å²) in [5, 5.41) is 14.0. The molecule has 1 aromatic rings. The van der Waals surface area contributed by atoms with E-state index in [1.165, 1.54) is 19.1 Å². The lowest BCUT2D eigenvalue weighted by molar-refractivity contribution is -0.143. The molecule has 0 fully saturated rings. The van der Waals surface area contributed by atoms with Gasteiger partial charge in [0.25, 0.3) is 0 Å². The summed E-state index contributed by atoms with van der Waals surface area (Å²) >= 11 is 0. The third-order valence-corrected chi connectivity index (χ3v) is 2.91. The van der Waals surface area contributed by atoms with Crippen LogP contribution in [0.4, 0.5) is 14.9 Å². The van der Waals surface area contributed by atoms with E-state index >= 15 is 0 Å². The molecule has 1 atom stereocenters. The summed E-state index contributed by atoms with van der Waals surface area (Å²) in [6.07, 6.45) is 0.917. The van der Waals surface area contributed by atoms with E-state index in [4.69, 9.17) is 5.11 Å². The zero-order valence-corrected chi connectivity index (χ0v) is 11.8. The minimum Gasteiger partial charge on any atom is -0.480 e. The Kier molecular flexibility index (Phi) is 5.07. The summed E-state index contributed by atoms with van der Waals surface area (Å²) in [5.41, 5.74) is -0.402. The van der Waals surface area contributed by atoms with Crippen LogP contribution in [0.5, 0.6) is 0 Å². The molecule has 6 heteroatoms. The molecule has 0 aliphatic rings. The van der Waals surface area contributed by atoms with E-state index in [1.807, 2.05) is 6.92 Å². The summed E-state index contributed by atoms with van der Waals surface area (Å²) in [4.78, 5) is 23.0. The molecule has 5 nitrogen and oxygen atoms in total. The third-order valence-electron chi connectivity index (χ3n) is 2.91. The van der Waals surface area contributed by atoms with E-state index in [9.17, 15) is 14.0 Å². The third kappa shape index (κ3) is 4.22. The van der Waals surface area contributed by atoms with Crippen LogP contribution in [0.15, 0.2) is 18.2 Å². The lowest BCUT2D eigenvalue weighted by atomic mass is 9.97. The number of amides is 2. The zero-order chi connectivity index (χ0) is 15.3. The maximum absolute atomic E-state index is 13.2. The van der Waals surface area contributed by atoms with Gasteiger partial charge in [0.05, 0.1) is 0 Å². The molecule has 0 aromatic heterocycles. The Hall–Kier alpha value is -2.11. The van der Waals surface area contributed by atoms with Gasteiger partial charge in [0.2, 0.25) is 0 Å². The van der Waals surface area contributed by atoms with Gasteiger partial charge in [-0.1, -0.05) is 13.3 Å². The van der Waals surface area contributed by atoms with Crippen LogP contribution in [0.3, 0.4) is 0 Å². The summed E-state index contributed by atoms with van der Waals surface area (Å²) < 4.78 is 13.2. The number of urea groups is 1. The highest BCUT2D eigenvalue weighted by molar-refractivity contribution is 5.93. The molecular formula is C14H19FN2O3. The lowest BCUT2D eigenvalue weighted by Gasteiger charge is -2.25. The van der Waals surface area contributed by atoms with Crippen LogP contribution in [0, 0.1) is 12.7 Å². The molecule has 1 aromatic carbocycles. The number of carboxylic acids is 1. The monoisotopic (exact) mass is 282 g/mol. The molecular weight excluding hydrogens is 263 g/mol. The van der Waals surface area contributed by atoms with Crippen molar-refractivity contribution in [3.05, 3.63) is 29.6 Å². The van der Waals surface area contributed by atoms with Gasteiger partial charge in [-0.3, -0.25) is 0 Å². The Bertz CT molecular complexity index is 499. The summed E-state index contributed by atoms with van der Waals surface area (Å²) in [6, 6.07) is 3.43. The van der Waals surface area contributed by atoms with Gasteiger partial charge in [0.1, 0.15) is 11.4 Å². The number of aryl methyl sites for hydroxylation is 1. The zero-order valence-electron chi connectivity index (χ0n) is 11.8. The first-order chi connectivity index (χ1) is 9.26. The second kappa shape index (κ2) is 6.36. The van der Waals surface area contributed by atoms with E-state index in [-0.39, 0.29) is 5.69 Å². The molecule has 0 saturated carbocycles. The topological polar surface area (TPSA) is 78.4 Å². The van der Waals surface area contributed by atoms with Crippen LogP contribution in [-0.2, 0) is 4.79 Å². The predicted molar refractivity (Wildman–Crippen MR) is 74.2 cm³/mol. The Morgan fingerprint density at radius 1 is 1.35 bits per heavy atom. The largest absolute Gasteiger partial charge is 0.480 e. The number of carboxylic acid groups (broad SMARTS) is 1. The molecule has 0 bridgehead atoms. The molecule has 2 amide bonds. The smallest absolute Gasteiger partial charge is 0.329 e. The number of nitrogens with one attached hydrogen (secondary N) is 2. The van der Waals surface area contributed by atoms with Crippen molar-refractivity contribution in [3.63, 3.8) is 0 Å². The highest BCUT2D eigenvalue weighted by Gasteiger charge is 2.33. The SMILES string of the molecule is CCCC(C)(NC(=O)Nc1cc(C)cc(F)c1)C(=O)O. The predicted octanol–water partition coefficient (Wildman–Crippen LogP) is 2.90. The average Bonchev–Trinajstić information content (AvgIpc) is 2.26. The number of aliphatic carboxylic acids is 1. The van der Waals surface area contributed by atoms with Crippen LogP contribution < -0.4 is 10.6 Å². The van der Waals surface area contributed by atoms with Crippen LogP contribution in [0.2, 0.25) is 0 Å². The quantitative estimate of drug-likeness (QED) is 0.777. The molecule has 0 aliphatic carbocycles. The molecule has 0 radical (unpaired) electrons. The summed E-state index contributed by atoms with van der Waals surface area (Å²) in [5.74, 6) is -1.57. The van der Waals surface area contributed by atoms with Crippen LogP contribution in [0.1, 0.15) is 32.3 Å². The normalized spacial score (nSPS) is 13.4. The first-order valence-corrected chi connectivity index (χ1v) is 6.36. The summed E-state index contributed by atoms with van der Waals surface area (Å²) in [7, 11) is 0. The van der Waals surface area contributed by atoms with Gasteiger partial charge in [0.15, 0.2) is 0 Å². The molecule has 110 valence electrons. The van der Waals surface area contributed by atoms with E-state index < -0.39 is 23.4 Å². The Balaban J connectivity index is 2.78. The van der Waals surface area contributed by atoms with Crippen molar-refractivity contribution >= 4 is 17.7 Å². The fourth-order valence-corrected chi connectivity index (χ4v) is 1.94. The van der Waals surface area contributed by atoms with Gasteiger partial charge >= 0.3 is 12.0 Å². The fraction of sp³-hybridized carbons (Fsp3) is 0.429. The van der Waals surface area contributed by atoms with Gasteiger partial charge in [-0.05, 0) is 44.0 Å². The minimum atomic E-state index is -1.35. The van der Waals surface area contributed by atoms with Crippen molar-refractivity contribution in [2.75, 3.05) is 5.32 Å². The first-order valence-electron chi connectivity index (χ1n) is 6.36. The number of hydrogen-bond acceptors (Lipinski definition) is 2. The number of hydrogen-bond donors (Lipinski definition) is 3. The van der Waals surface area contributed by atoms with Crippen molar-refractivity contribution in [3.8, 4) is 0 Å². The van der Waals surface area contributed by atoms with Gasteiger partial charge in [-0.15, -0.1) is 0 Å². The fourth-order valence-electron chi connectivity index (χ4n) is 1.94. The number of benzene rings is 1. The highest BCUT2D eigenvalue weighted by atomic mass is 19.1. The first kappa shape index (κ1) is 15.9. The second-order valence-corrected chi connectivity index (χ2v) is 4.98. The Labute approximate surface area is 117 Å². The maximum Gasteiger partial charge on any atom is 0.329 e. The number of rotatable bonds is 5.